The number of allylic oxidation sites excluding steroid dienone is 6. The number of esters is 2. The van der Waals surface area contributed by atoms with Gasteiger partial charge in [-0.15, -0.1) is 0 Å². The van der Waals surface area contributed by atoms with Crippen LogP contribution in [-0.4, -0.2) is 132 Å². The van der Waals surface area contributed by atoms with Crippen molar-refractivity contribution in [3.05, 3.63) is 208 Å². The first-order valence-electron chi connectivity index (χ1n) is 48.0. The van der Waals surface area contributed by atoms with Crippen LogP contribution in [0.15, 0.2) is 161 Å². The van der Waals surface area contributed by atoms with Gasteiger partial charge in [-0.25, -0.2) is 9.59 Å². The van der Waals surface area contributed by atoms with Crippen LogP contribution < -0.4 is 0 Å². The minimum Gasteiger partial charge on any atom is -0.481 e. The average Bonchev–Trinajstić information content (AvgIpc) is 1.57. The second-order valence-electron chi connectivity index (χ2n) is 39.4. The molecule has 0 bridgehead atoms. The van der Waals surface area contributed by atoms with Gasteiger partial charge >= 0.3 is 29.8 Å². The van der Waals surface area contributed by atoms with E-state index in [0.29, 0.717) is 125 Å². The molecule has 21 rings (SSSR count). The summed E-state index contributed by atoms with van der Waals surface area (Å²) in [4.78, 5) is 170. The molecular weight excluding hydrogens is 1910 g/mol. The summed E-state index contributed by atoms with van der Waals surface area (Å²) in [7, 11) is 1.38. The summed E-state index contributed by atoms with van der Waals surface area (Å²) < 4.78 is 12.9. The van der Waals surface area contributed by atoms with E-state index in [-0.39, 0.29) is 74.2 Å². The molecule has 7 fully saturated rings. The standard InChI is InChI=1S/C17H17NO3.C16H18BrNO.C16H15NO3.C15H14BrNO.C15H16BrNO.C11H16O3.C10H14O3.C9H12O3/c1-21-16(20)10-4-5-12-11(9-10)14-15(18-12)13(19)3-2-6-17(14)7-8-17;17-13-5-3-12(4-6-13)11-18-14-10-16(8-9-16)7-1-2-15(14)19;18-12-2-1-5-16(6-7-16)13-10-8-9(15(19)20)3-4-11(10)17-14(12)13;16-9-3-4-11-10(8-9)13-14(17-11)12(18)2-1-5-15(13)6-7-15;1-11-3-2-4-15(18)14(9-11)17-10-12-5-7-13(16)8-6-12;1-3-14-11(13)9-7-8(2)5-4-6-10(9)12;11-8-2-1-3-10(4-5-10)6-7(8)9(12)13;1-6-3-2-4-8(10)7(5-6)9(11)12/h4-5,9,18H,2-3,6-8H2,1H3;3-6H,1-2,7-11H2;3-4,8,17H,1-2,5-7H2,(H,19,20);3-4,8,17H,1-2,5-7H2;5-9H,2-4,10H2,1H3;5,9H,3-4,6-7H2,1-2H3;7H,1-6H2,(H,12,13);3,7H,2,4-5H2,1H3,(H,11,12). The van der Waals surface area contributed by atoms with Crippen LogP contribution in [0.1, 0.15) is 339 Å². The Hall–Kier alpha value is -10.6. The zero-order chi connectivity index (χ0) is 96.3. The number of aromatic nitrogens is 3. The Morgan fingerprint density at radius 2 is 0.837 bits per heavy atom. The van der Waals surface area contributed by atoms with Crippen LogP contribution >= 0.6 is 47.8 Å². The van der Waals surface area contributed by atoms with Crippen LogP contribution in [0.25, 0.3) is 32.7 Å². The lowest BCUT2D eigenvalue weighted by Gasteiger charge is -2.13. The van der Waals surface area contributed by atoms with Gasteiger partial charge in [-0.2, -0.15) is 0 Å². The maximum atomic E-state index is 12.3. The van der Waals surface area contributed by atoms with Crippen molar-refractivity contribution >= 4 is 168 Å². The van der Waals surface area contributed by atoms with Crippen LogP contribution in [0.2, 0.25) is 0 Å². The molecule has 0 radical (unpaired) electrons. The monoisotopic (exact) mass is 2030 g/mol. The first-order valence-corrected chi connectivity index (χ1v) is 50.4. The van der Waals surface area contributed by atoms with Crippen molar-refractivity contribution in [1.29, 1.82) is 0 Å². The number of fused-ring (bicyclic) bond motifs is 12. The number of carbonyl (C=O) groups is 13. The minimum absolute atomic E-state index is 0.0107. The number of halogens is 3. The third kappa shape index (κ3) is 25.1. The first kappa shape index (κ1) is 100. The van der Waals surface area contributed by atoms with Gasteiger partial charge in [-0.05, 0) is 347 Å². The SMILES string of the molecule is CC1=CC(=NCc2ccc(Br)cc2)C(=O)CCC1.CC1=CCCC(=O)C(C(=O)O)C1.CCOC(=O)C1CC(C)=CCCC1=O.COC(=O)c1ccc2[nH]c3c(c2c1)C1(CCCC3=O)CC1.O=C(O)C1CC2(CCCC1=O)CC2.O=C(O)c1ccc2[nH]c3c(c2c1)C1(CCCC3=O)CC1.O=C1CCCC2(CC2)CC1=NCc1ccc(Br)cc1.O=C1CCCC2(CC2)c2c1[nH]c1ccc(Br)cc21. The number of carboxylic acid groups (broad SMARTS) is 3. The van der Waals surface area contributed by atoms with E-state index in [4.69, 9.17) is 24.8 Å². The molecule has 5 spiro atoms. The third-order valence-corrected chi connectivity index (χ3v) is 30.9. The van der Waals surface area contributed by atoms with E-state index in [1.54, 1.807) is 31.2 Å². The average molecular weight is 2030 g/mol. The van der Waals surface area contributed by atoms with E-state index >= 15 is 0 Å². The Labute approximate surface area is 812 Å². The van der Waals surface area contributed by atoms with E-state index < -0.39 is 35.7 Å². The van der Waals surface area contributed by atoms with Gasteiger partial charge in [0.1, 0.15) is 40.8 Å². The topological polar surface area (TPSA) is 373 Å². The number of nitrogens with zero attached hydrogens (tertiary/aromatic N) is 2. The molecule has 6 N–H and O–H groups in total. The van der Waals surface area contributed by atoms with Crippen molar-refractivity contribution in [2.45, 2.75) is 288 Å². The molecule has 3 heterocycles. The van der Waals surface area contributed by atoms with Crippen molar-refractivity contribution < 1.29 is 87.1 Å². The lowest BCUT2D eigenvalue weighted by atomic mass is 9.90. The molecule has 712 valence electrons. The number of rotatable bonds is 10. The number of benzene rings is 5. The van der Waals surface area contributed by atoms with Crippen LogP contribution in [0.4, 0.5) is 0 Å². The Balaban J connectivity index is 0.000000124. The zero-order valence-electron chi connectivity index (χ0n) is 77.8. The molecule has 3 atom stereocenters. The molecule has 0 amide bonds. The summed E-state index contributed by atoms with van der Waals surface area (Å²) in [6.07, 6.45) is 38.5. The number of hydrogen-bond acceptors (Lipinski definition) is 17. The molecule has 3 unspecified atom stereocenters. The quantitative estimate of drug-likeness (QED) is 0.0421. The summed E-state index contributed by atoms with van der Waals surface area (Å²) in [5, 5.41) is 29.9. The maximum Gasteiger partial charge on any atom is 0.337 e. The lowest BCUT2D eigenvalue weighted by molar-refractivity contribution is -0.152. The summed E-state index contributed by atoms with van der Waals surface area (Å²) in [5.41, 5.74) is 18.1. The summed E-state index contributed by atoms with van der Waals surface area (Å²) in [6, 6.07) is 33.0. The molecule has 135 heavy (non-hydrogen) atoms. The molecule has 26 heteroatoms. The Kier molecular flexibility index (Phi) is 32.6. The van der Waals surface area contributed by atoms with Crippen molar-refractivity contribution in [2.75, 3.05) is 13.7 Å². The molecular formula is C109H122Br3N5O18. The number of aromatic amines is 3. The highest BCUT2D eigenvalue weighted by molar-refractivity contribution is 9.11. The third-order valence-electron chi connectivity index (χ3n) is 29.4. The molecule has 3 aromatic heterocycles. The molecule has 13 aliphatic rings. The second-order valence-corrected chi connectivity index (χ2v) is 42.1. The highest BCUT2D eigenvalue weighted by Gasteiger charge is 2.53. The van der Waals surface area contributed by atoms with Crippen molar-refractivity contribution in [3.63, 3.8) is 0 Å². The Morgan fingerprint density at radius 1 is 0.422 bits per heavy atom. The number of aliphatic imine (C=N–C) groups is 2. The maximum absolute atomic E-state index is 12.3. The molecule has 13 aliphatic carbocycles. The molecule has 0 saturated heterocycles. The van der Waals surface area contributed by atoms with Gasteiger partial charge < -0.3 is 39.7 Å². The molecule has 23 nitrogen and oxygen atoms in total. The zero-order valence-corrected chi connectivity index (χ0v) is 82.6. The van der Waals surface area contributed by atoms with Crippen molar-refractivity contribution in [3.8, 4) is 0 Å². The Morgan fingerprint density at radius 3 is 1.31 bits per heavy atom. The number of ketones is 8. The second kappa shape index (κ2) is 43.8. The van der Waals surface area contributed by atoms with Crippen LogP contribution in [0.3, 0.4) is 0 Å². The van der Waals surface area contributed by atoms with Crippen LogP contribution in [-0.2, 0) is 77.2 Å². The van der Waals surface area contributed by atoms with Gasteiger partial charge in [0.05, 0.1) is 60.7 Å². The lowest BCUT2D eigenvalue weighted by Crippen LogP contribution is -2.25. The number of nitrogens with one attached hydrogen (secondary N) is 3. The number of hydrogen-bond donors (Lipinski definition) is 6. The normalized spacial score (nSPS) is 22.1. The fraction of sp³-hybridized carbons (Fsp3) is 0.477. The number of carboxylic acids is 3. The van der Waals surface area contributed by atoms with Crippen molar-refractivity contribution in [2.24, 2.45) is 38.6 Å². The number of carbonyl (C=O) groups excluding carboxylic acids is 10. The van der Waals surface area contributed by atoms with Gasteiger partial charge in [-0.3, -0.25) is 62.7 Å². The molecule has 5 aromatic carbocycles. The van der Waals surface area contributed by atoms with Crippen molar-refractivity contribution in [1.82, 2.24) is 15.0 Å². The first-order chi connectivity index (χ1) is 64.6. The number of Topliss-reactive ketones (excluding diaryl/α,β-unsaturated/α-hetero) is 8. The fourth-order valence-corrected chi connectivity index (χ4v) is 21.6. The van der Waals surface area contributed by atoms with Gasteiger partial charge in [-0.1, -0.05) is 101 Å². The smallest absolute Gasteiger partial charge is 0.337 e. The van der Waals surface area contributed by atoms with Gasteiger partial charge in [0, 0.05) is 97.5 Å². The summed E-state index contributed by atoms with van der Waals surface area (Å²) in [6.45, 7) is 9.17. The van der Waals surface area contributed by atoms with Gasteiger partial charge in [0.15, 0.2) is 28.9 Å². The largest absolute Gasteiger partial charge is 0.481 e. The van der Waals surface area contributed by atoms with Gasteiger partial charge in [0.25, 0.3) is 0 Å². The summed E-state index contributed by atoms with van der Waals surface area (Å²) in [5.74, 6) is -4.69. The molecule has 8 aromatic rings. The van der Waals surface area contributed by atoms with E-state index in [2.05, 4.69) is 104 Å². The number of aromatic carboxylic acids is 1. The minimum atomic E-state index is -0.991. The van der Waals surface area contributed by atoms with E-state index in [9.17, 15) is 62.3 Å². The van der Waals surface area contributed by atoms with E-state index in [1.165, 1.54) is 62.2 Å². The van der Waals surface area contributed by atoms with Crippen LogP contribution in [0.5, 0.6) is 0 Å². The fourth-order valence-electron chi connectivity index (χ4n) is 20.8. The number of ether oxygens (including phenoxy) is 2. The number of aliphatic carboxylic acids is 2. The predicted octanol–water partition coefficient (Wildman–Crippen LogP) is 24.2. The highest BCUT2D eigenvalue weighted by Crippen LogP contribution is 2.61. The number of H-pyrrole nitrogens is 3. The Bertz CT molecular complexity index is 6110. The number of methoxy groups -OCH3 is 1. The predicted molar refractivity (Wildman–Crippen MR) is 529 cm³/mol. The summed E-state index contributed by atoms with van der Waals surface area (Å²) >= 11 is 10.4. The van der Waals surface area contributed by atoms with E-state index in [0.717, 1.165) is 213 Å². The van der Waals surface area contributed by atoms with Gasteiger partial charge in [0.2, 0.25) is 0 Å². The molecule has 0 aliphatic heterocycles. The van der Waals surface area contributed by atoms with E-state index in [1.807, 2.05) is 86.7 Å². The highest BCUT2D eigenvalue weighted by atomic mass is 79.9. The van der Waals surface area contributed by atoms with Crippen LogP contribution in [0, 0.1) is 28.6 Å². The molecule has 7 saturated carbocycles.